The van der Waals surface area contributed by atoms with Gasteiger partial charge in [0.25, 0.3) is 0 Å². The van der Waals surface area contributed by atoms with Crippen LogP contribution in [0.5, 0.6) is 0 Å². The topological polar surface area (TPSA) is 70.5 Å². The Bertz CT molecular complexity index is 699. The Morgan fingerprint density at radius 2 is 2.24 bits per heavy atom. The van der Waals surface area contributed by atoms with Gasteiger partial charge < -0.3 is 10.0 Å². The largest absolute Gasteiger partial charge is 0.481 e. The SMILES string of the molecule is O=C(O)C1CC(=O)N(CCc2ccc3ncccc3c2)C1. The maximum atomic E-state index is 11.8. The van der Waals surface area contributed by atoms with Gasteiger partial charge in [-0.25, -0.2) is 0 Å². The number of nitrogens with zero attached hydrogens (tertiary/aromatic N) is 2. The molecule has 1 unspecified atom stereocenters. The van der Waals surface area contributed by atoms with Gasteiger partial charge in [0.15, 0.2) is 0 Å². The lowest BCUT2D eigenvalue weighted by Gasteiger charge is -2.16. The van der Waals surface area contributed by atoms with Crippen LogP contribution in [0.25, 0.3) is 10.9 Å². The number of hydrogen-bond acceptors (Lipinski definition) is 3. The predicted molar refractivity (Wildman–Crippen MR) is 77.8 cm³/mol. The Labute approximate surface area is 122 Å². The molecule has 0 spiro atoms. The number of carbonyl (C=O) groups excluding carboxylic acids is 1. The summed E-state index contributed by atoms with van der Waals surface area (Å²) in [6.45, 7) is 0.887. The molecule has 5 heteroatoms. The van der Waals surface area contributed by atoms with E-state index < -0.39 is 11.9 Å². The predicted octanol–water partition coefficient (Wildman–Crippen LogP) is 1.71. The van der Waals surface area contributed by atoms with Crippen molar-refractivity contribution in [2.75, 3.05) is 13.1 Å². The molecule has 3 rings (SSSR count). The second-order valence-corrected chi connectivity index (χ2v) is 5.36. The van der Waals surface area contributed by atoms with E-state index in [1.807, 2.05) is 24.3 Å². The molecular weight excluding hydrogens is 268 g/mol. The van der Waals surface area contributed by atoms with E-state index in [2.05, 4.69) is 11.1 Å². The Kier molecular flexibility index (Phi) is 3.56. The van der Waals surface area contributed by atoms with Gasteiger partial charge in [-0.3, -0.25) is 14.6 Å². The number of fused-ring (bicyclic) bond motifs is 1. The van der Waals surface area contributed by atoms with Crippen molar-refractivity contribution in [1.82, 2.24) is 9.88 Å². The molecule has 0 bridgehead atoms. The molecule has 1 aliphatic heterocycles. The first kappa shape index (κ1) is 13.5. The van der Waals surface area contributed by atoms with Crippen LogP contribution >= 0.6 is 0 Å². The van der Waals surface area contributed by atoms with Crippen LogP contribution in [0.4, 0.5) is 0 Å². The highest BCUT2D eigenvalue weighted by Gasteiger charge is 2.33. The number of benzene rings is 1. The molecule has 108 valence electrons. The molecule has 2 aromatic rings. The van der Waals surface area contributed by atoms with E-state index in [1.54, 1.807) is 11.1 Å². The molecule has 1 aromatic carbocycles. The van der Waals surface area contributed by atoms with Gasteiger partial charge in [0, 0.05) is 31.1 Å². The summed E-state index contributed by atoms with van der Waals surface area (Å²) in [7, 11) is 0. The van der Waals surface area contributed by atoms with Crippen molar-refractivity contribution in [3.05, 3.63) is 42.1 Å². The van der Waals surface area contributed by atoms with Crippen LogP contribution in [0.3, 0.4) is 0 Å². The van der Waals surface area contributed by atoms with Gasteiger partial charge in [-0.05, 0) is 30.2 Å². The van der Waals surface area contributed by atoms with Crippen molar-refractivity contribution in [3.8, 4) is 0 Å². The van der Waals surface area contributed by atoms with E-state index in [0.29, 0.717) is 13.1 Å². The highest BCUT2D eigenvalue weighted by atomic mass is 16.4. The Balaban J connectivity index is 1.66. The van der Waals surface area contributed by atoms with Crippen LogP contribution in [-0.2, 0) is 16.0 Å². The first-order valence-electron chi connectivity index (χ1n) is 6.98. The molecule has 1 atom stereocenters. The summed E-state index contributed by atoms with van der Waals surface area (Å²) in [5, 5.41) is 10.0. The average molecular weight is 284 g/mol. The minimum absolute atomic E-state index is 0.0649. The smallest absolute Gasteiger partial charge is 0.308 e. The summed E-state index contributed by atoms with van der Waals surface area (Å²) in [4.78, 5) is 28.6. The molecule has 1 aliphatic rings. The summed E-state index contributed by atoms with van der Waals surface area (Å²) in [6.07, 6.45) is 2.61. The molecule has 1 amide bonds. The highest BCUT2D eigenvalue weighted by Crippen LogP contribution is 2.19. The molecule has 21 heavy (non-hydrogen) atoms. The third kappa shape index (κ3) is 2.86. The molecule has 0 radical (unpaired) electrons. The maximum Gasteiger partial charge on any atom is 0.308 e. The van der Waals surface area contributed by atoms with Crippen molar-refractivity contribution in [3.63, 3.8) is 0 Å². The van der Waals surface area contributed by atoms with Gasteiger partial charge >= 0.3 is 5.97 Å². The first-order valence-corrected chi connectivity index (χ1v) is 6.98. The minimum Gasteiger partial charge on any atom is -0.481 e. The van der Waals surface area contributed by atoms with E-state index in [-0.39, 0.29) is 12.3 Å². The van der Waals surface area contributed by atoms with Gasteiger partial charge in [-0.2, -0.15) is 0 Å². The number of amides is 1. The molecule has 0 aliphatic carbocycles. The van der Waals surface area contributed by atoms with Crippen LogP contribution < -0.4 is 0 Å². The lowest BCUT2D eigenvalue weighted by molar-refractivity contribution is -0.141. The van der Waals surface area contributed by atoms with Crippen LogP contribution in [0, 0.1) is 5.92 Å². The Morgan fingerprint density at radius 1 is 1.38 bits per heavy atom. The van der Waals surface area contributed by atoms with Gasteiger partial charge in [0.2, 0.25) is 5.91 Å². The van der Waals surface area contributed by atoms with Crippen molar-refractivity contribution in [2.24, 2.45) is 5.92 Å². The zero-order valence-corrected chi connectivity index (χ0v) is 11.5. The van der Waals surface area contributed by atoms with E-state index in [9.17, 15) is 9.59 Å². The monoisotopic (exact) mass is 284 g/mol. The first-order chi connectivity index (χ1) is 10.1. The van der Waals surface area contributed by atoms with Crippen molar-refractivity contribution >= 4 is 22.8 Å². The number of likely N-dealkylation sites (tertiary alicyclic amines) is 1. The summed E-state index contributed by atoms with van der Waals surface area (Å²) in [6, 6.07) is 9.94. The third-order valence-electron chi connectivity index (χ3n) is 3.90. The normalized spacial score (nSPS) is 18.4. The number of carbonyl (C=O) groups is 2. The minimum atomic E-state index is -0.886. The quantitative estimate of drug-likeness (QED) is 0.928. The van der Waals surface area contributed by atoms with E-state index in [1.165, 1.54) is 0 Å². The molecular formula is C16H16N2O3. The second-order valence-electron chi connectivity index (χ2n) is 5.36. The summed E-state index contributed by atoms with van der Waals surface area (Å²) < 4.78 is 0. The van der Waals surface area contributed by atoms with Crippen LogP contribution in [0.1, 0.15) is 12.0 Å². The number of aliphatic carboxylic acids is 1. The number of hydrogen-bond donors (Lipinski definition) is 1. The summed E-state index contributed by atoms with van der Waals surface area (Å²) in [5.41, 5.74) is 2.08. The number of rotatable bonds is 4. The molecule has 2 heterocycles. The fraction of sp³-hybridized carbons (Fsp3) is 0.312. The molecule has 5 nitrogen and oxygen atoms in total. The number of carboxylic acids is 1. The van der Waals surface area contributed by atoms with Crippen molar-refractivity contribution in [2.45, 2.75) is 12.8 Å². The Morgan fingerprint density at radius 3 is 3.00 bits per heavy atom. The summed E-state index contributed by atoms with van der Waals surface area (Å²) in [5.74, 6) is -1.51. The lowest BCUT2D eigenvalue weighted by atomic mass is 10.1. The fourth-order valence-corrected chi connectivity index (χ4v) is 2.70. The van der Waals surface area contributed by atoms with Crippen molar-refractivity contribution < 1.29 is 14.7 Å². The lowest BCUT2D eigenvalue weighted by Crippen LogP contribution is -2.28. The fourth-order valence-electron chi connectivity index (χ4n) is 2.70. The van der Waals surface area contributed by atoms with Crippen LogP contribution in [0.2, 0.25) is 0 Å². The standard InChI is InChI=1S/C16H16N2O3/c19-15-9-13(16(20)21)10-18(15)7-5-11-3-4-14-12(8-11)2-1-6-17-14/h1-4,6,8,13H,5,7,9-10H2,(H,20,21). The van der Waals surface area contributed by atoms with E-state index in [4.69, 9.17) is 5.11 Å². The Hall–Kier alpha value is -2.43. The van der Waals surface area contributed by atoms with Gasteiger partial charge in [0.05, 0.1) is 11.4 Å². The van der Waals surface area contributed by atoms with Gasteiger partial charge in [-0.15, -0.1) is 0 Å². The zero-order chi connectivity index (χ0) is 14.8. The molecule has 1 fully saturated rings. The molecule has 1 saturated heterocycles. The second kappa shape index (κ2) is 5.52. The number of aromatic nitrogens is 1. The zero-order valence-electron chi connectivity index (χ0n) is 11.5. The van der Waals surface area contributed by atoms with E-state index >= 15 is 0 Å². The van der Waals surface area contributed by atoms with E-state index in [0.717, 1.165) is 22.9 Å². The third-order valence-corrected chi connectivity index (χ3v) is 3.90. The van der Waals surface area contributed by atoms with Crippen LogP contribution in [0.15, 0.2) is 36.5 Å². The number of carboxylic acid groups (broad SMARTS) is 1. The van der Waals surface area contributed by atoms with Crippen molar-refractivity contribution in [1.29, 1.82) is 0 Å². The summed E-state index contributed by atoms with van der Waals surface area (Å²) >= 11 is 0. The van der Waals surface area contributed by atoms with Gasteiger partial charge in [0.1, 0.15) is 0 Å². The number of pyridine rings is 1. The molecule has 1 aromatic heterocycles. The van der Waals surface area contributed by atoms with Crippen LogP contribution in [-0.4, -0.2) is 40.0 Å². The molecule has 1 N–H and O–H groups in total. The average Bonchev–Trinajstić information content (AvgIpc) is 2.86. The molecule has 0 saturated carbocycles. The highest BCUT2D eigenvalue weighted by molar-refractivity contribution is 5.86. The maximum absolute atomic E-state index is 11.8. The van der Waals surface area contributed by atoms with Gasteiger partial charge in [-0.1, -0.05) is 12.1 Å².